The average Bonchev–Trinajstić information content (AvgIpc) is 2.32. The van der Waals surface area contributed by atoms with E-state index < -0.39 is 0 Å². The van der Waals surface area contributed by atoms with Gasteiger partial charge in [0.05, 0.1) is 25.6 Å². The van der Waals surface area contributed by atoms with Crippen LogP contribution in [0.25, 0.3) is 0 Å². The van der Waals surface area contributed by atoms with Gasteiger partial charge < -0.3 is 4.74 Å². The van der Waals surface area contributed by atoms with E-state index in [0.29, 0.717) is 26.1 Å². The topological polar surface area (TPSA) is 70.4 Å². The van der Waals surface area contributed by atoms with E-state index in [1.807, 2.05) is 17.9 Å². The van der Waals surface area contributed by atoms with E-state index in [1.54, 1.807) is 6.92 Å². The smallest absolute Gasteiger partial charge is 0.306 e. The Labute approximate surface area is 102 Å². The van der Waals surface area contributed by atoms with Crippen molar-refractivity contribution in [3.63, 3.8) is 0 Å². The Morgan fingerprint density at radius 2 is 2.00 bits per heavy atom. The molecular formula is C12H20N2O3. The van der Waals surface area contributed by atoms with Gasteiger partial charge in [-0.25, -0.2) is 0 Å². The summed E-state index contributed by atoms with van der Waals surface area (Å²) in [4.78, 5) is 24.5. The number of carbonyl (C=O) groups excluding carboxylic acids is 2. The van der Waals surface area contributed by atoms with Crippen LogP contribution >= 0.6 is 0 Å². The van der Waals surface area contributed by atoms with E-state index >= 15 is 0 Å². The van der Waals surface area contributed by atoms with E-state index in [4.69, 9.17) is 10.00 Å². The zero-order valence-corrected chi connectivity index (χ0v) is 10.6. The Hall–Kier alpha value is -1.41. The number of hydrogen-bond acceptors (Lipinski definition) is 5. The molecule has 0 heterocycles. The van der Waals surface area contributed by atoms with Crippen LogP contribution in [-0.2, 0) is 14.3 Å². The summed E-state index contributed by atoms with van der Waals surface area (Å²) in [6.07, 6.45) is 0.767. The van der Waals surface area contributed by atoms with Crippen LogP contribution in [0.4, 0.5) is 0 Å². The molecule has 0 amide bonds. The highest BCUT2D eigenvalue weighted by molar-refractivity contribution is 5.84. The number of ketones is 1. The zero-order chi connectivity index (χ0) is 13.1. The lowest BCUT2D eigenvalue weighted by molar-refractivity contribution is -0.144. The first-order chi connectivity index (χ1) is 8.13. The molecule has 0 fully saturated rings. The molecule has 5 nitrogen and oxygen atoms in total. The SMILES string of the molecule is CCOC(=O)CCC(=O)CN(CC)CCC#N. The second-order valence-corrected chi connectivity index (χ2v) is 3.62. The summed E-state index contributed by atoms with van der Waals surface area (Å²) < 4.78 is 4.74. The fourth-order valence-electron chi connectivity index (χ4n) is 1.36. The standard InChI is InChI=1S/C12H20N2O3/c1-3-14(9-5-8-13)10-11(15)6-7-12(16)17-4-2/h3-7,9-10H2,1-2H3. The lowest BCUT2D eigenvalue weighted by Crippen LogP contribution is -2.30. The molecule has 0 aromatic heterocycles. The van der Waals surface area contributed by atoms with Gasteiger partial charge in [0, 0.05) is 19.4 Å². The summed E-state index contributed by atoms with van der Waals surface area (Å²) in [5.41, 5.74) is 0. The number of esters is 1. The van der Waals surface area contributed by atoms with E-state index in [0.717, 1.165) is 6.54 Å². The molecule has 0 N–H and O–H groups in total. The molecule has 0 unspecified atom stereocenters. The van der Waals surface area contributed by atoms with Crippen LogP contribution < -0.4 is 0 Å². The second kappa shape index (κ2) is 9.79. The van der Waals surface area contributed by atoms with Gasteiger partial charge >= 0.3 is 5.97 Å². The van der Waals surface area contributed by atoms with Gasteiger partial charge in [-0.1, -0.05) is 6.92 Å². The van der Waals surface area contributed by atoms with Gasteiger partial charge in [0.25, 0.3) is 0 Å². The molecule has 0 spiro atoms. The van der Waals surface area contributed by atoms with Crippen LogP contribution in [0.3, 0.4) is 0 Å². The minimum Gasteiger partial charge on any atom is -0.466 e. The first-order valence-corrected chi connectivity index (χ1v) is 5.90. The number of Topliss-reactive ketones (excluding diaryl/α,β-unsaturated/α-hetero) is 1. The van der Waals surface area contributed by atoms with E-state index in [-0.39, 0.29) is 24.6 Å². The van der Waals surface area contributed by atoms with Gasteiger partial charge in [0.2, 0.25) is 0 Å². The Morgan fingerprint density at radius 1 is 1.29 bits per heavy atom. The normalized spacial score (nSPS) is 10.0. The van der Waals surface area contributed by atoms with Crippen LogP contribution in [-0.4, -0.2) is 42.9 Å². The third kappa shape index (κ3) is 8.40. The Bertz CT molecular complexity index is 284. The largest absolute Gasteiger partial charge is 0.466 e. The molecule has 0 radical (unpaired) electrons. The minimum atomic E-state index is -0.332. The molecule has 0 bridgehead atoms. The molecular weight excluding hydrogens is 220 g/mol. The highest BCUT2D eigenvalue weighted by atomic mass is 16.5. The molecule has 5 heteroatoms. The Kier molecular flexibility index (Phi) is 8.98. The summed E-state index contributed by atoms with van der Waals surface area (Å²) in [7, 11) is 0. The van der Waals surface area contributed by atoms with Gasteiger partial charge in [0.1, 0.15) is 5.78 Å². The molecule has 96 valence electrons. The molecule has 0 aromatic carbocycles. The molecule has 0 atom stereocenters. The van der Waals surface area contributed by atoms with E-state index in [1.165, 1.54) is 0 Å². The van der Waals surface area contributed by atoms with Crippen molar-refractivity contribution >= 4 is 11.8 Å². The second-order valence-electron chi connectivity index (χ2n) is 3.62. The maximum Gasteiger partial charge on any atom is 0.306 e. The Morgan fingerprint density at radius 3 is 2.53 bits per heavy atom. The number of ether oxygens (including phenoxy) is 1. The van der Waals surface area contributed by atoms with Crippen molar-refractivity contribution in [3.05, 3.63) is 0 Å². The highest BCUT2D eigenvalue weighted by Crippen LogP contribution is 1.98. The summed E-state index contributed by atoms with van der Waals surface area (Å²) in [5, 5.41) is 8.46. The predicted octanol–water partition coefficient (Wildman–Crippen LogP) is 1.13. The summed E-state index contributed by atoms with van der Waals surface area (Å²) >= 11 is 0. The van der Waals surface area contributed by atoms with Gasteiger partial charge in [-0.15, -0.1) is 0 Å². The number of likely N-dealkylation sites (N-methyl/N-ethyl adjacent to an activating group) is 1. The van der Waals surface area contributed by atoms with Crippen molar-refractivity contribution in [1.82, 2.24) is 4.90 Å². The Balaban J connectivity index is 3.83. The van der Waals surface area contributed by atoms with Gasteiger partial charge in [-0.3, -0.25) is 14.5 Å². The number of carbonyl (C=O) groups is 2. The van der Waals surface area contributed by atoms with Gasteiger partial charge in [0.15, 0.2) is 0 Å². The minimum absolute atomic E-state index is 0.0119. The fraction of sp³-hybridized carbons (Fsp3) is 0.750. The third-order valence-corrected chi connectivity index (χ3v) is 2.30. The highest BCUT2D eigenvalue weighted by Gasteiger charge is 2.11. The maximum atomic E-state index is 11.6. The summed E-state index contributed by atoms with van der Waals surface area (Å²) in [6.45, 7) is 5.65. The fourth-order valence-corrected chi connectivity index (χ4v) is 1.36. The predicted molar refractivity (Wildman–Crippen MR) is 63.2 cm³/mol. The summed E-state index contributed by atoms with van der Waals surface area (Å²) in [6, 6.07) is 2.05. The molecule has 0 aliphatic rings. The molecule has 0 rings (SSSR count). The first kappa shape index (κ1) is 15.6. The van der Waals surface area contributed by atoms with Crippen molar-refractivity contribution < 1.29 is 14.3 Å². The molecule has 0 aliphatic heterocycles. The van der Waals surface area contributed by atoms with Crippen molar-refractivity contribution in [3.8, 4) is 6.07 Å². The third-order valence-electron chi connectivity index (χ3n) is 2.30. The average molecular weight is 240 g/mol. The first-order valence-electron chi connectivity index (χ1n) is 5.90. The number of rotatable bonds is 9. The van der Waals surface area contributed by atoms with Crippen LogP contribution in [0.5, 0.6) is 0 Å². The maximum absolute atomic E-state index is 11.6. The molecule has 0 saturated carbocycles. The monoisotopic (exact) mass is 240 g/mol. The van der Waals surface area contributed by atoms with E-state index in [9.17, 15) is 9.59 Å². The van der Waals surface area contributed by atoms with Gasteiger partial charge in [-0.05, 0) is 13.5 Å². The lowest BCUT2D eigenvalue weighted by Gasteiger charge is -2.17. The number of hydrogen-bond donors (Lipinski definition) is 0. The van der Waals surface area contributed by atoms with Crippen LogP contribution in [0.1, 0.15) is 33.1 Å². The van der Waals surface area contributed by atoms with Crippen molar-refractivity contribution in [1.29, 1.82) is 5.26 Å². The quantitative estimate of drug-likeness (QED) is 0.565. The van der Waals surface area contributed by atoms with Crippen molar-refractivity contribution in [2.75, 3.05) is 26.2 Å². The van der Waals surface area contributed by atoms with Crippen LogP contribution in [0.15, 0.2) is 0 Å². The number of nitriles is 1. The molecule has 0 aromatic rings. The number of nitrogens with zero attached hydrogens (tertiary/aromatic N) is 2. The molecule has 0 aliphatic carbocycles. The molecule has 0 saturated heterocycles. The summed E-state index contributed by atoms with van der Waals surface area (Å²) in [5.74, 6) is -0.321. The lowest BCUT2D eigenvalue weighted by atomic mass is 10.2. The van der Waals surface area contributed by atoms with Crippen molar-refractivity contribution in [2.45, 2.75) is 33.1 Å². The molecule has 17 heavy (non-hydrogen) atoms. The van der Waals surface area contributed by atoms with Crippen LogP contribution in [0, 0.1) is 11.3 Å². The zero-order valence-electron chi connectivity index (χ0n) is 10.6. The van der Waals surface area contributed by atoms with E-state index in [2.05, 4.69) is 0 Å². The van der Waals surface area contributed by atoms with Crippen molar-refractivity contribution in [2.24, 2.45) is 0 Å². The van der Waals surface area contributed by atoms with Gasteiger partial charge in [-0.2, -0.15) is 5.26 Å². The van der Waals surface area contributed by atoms with Crippen LogP contribution in [0.2, 0.25) is 0 Å².